The molecule has 7 nitrogen and oxygen atoms in total. The molecule has 2 atom stereocenters. The number of nitrogens with two attached hydrogens (primary N) is 1. The molecule has 0 radical (unpaired) electrons. The third kappa shape index (κ3) is 3.13. The van der Waals surface area contributed by atoms with Crippen LogP contribution < -0.4 is 10.6 Å². The molecule has 3 fully saturated rings. The Bertz CT molecular complexity index is 825. The highest BCUT2D eigenvalue weighted by atomic mass is 127. The van der Waals surface area contributed by atoms with Crippen molar-refractivity contribution in [2.75, 3.05) is 24.6 Å². The van der Waals surface area contributed by atoms with Gasteiger partial charge in [0.1, 0.15) is 11.3 Å². The molecule has 1 aliphatic carbocycles. The molecule has 0 amide bonds. The van der Waals surface area contributed by atoms with Gasteiger partial charge in [0.15, 0.2) is 15.6 Å². The predicted molar refractivity (Wildman–Crippen MR) is 113 cm³/mol. The number of nitrogens with zero attached hydrogens (tertiary/aromatic N) is 5. The van der Waals surface area contributed by atoms with Crippen LogP contribution in [0.4, 0.5) is 5.82 Å². The number of piperidine rings is 1. The van der Waals surface area contributed by atoms with Crippen LogP contribution in [0.1, 0.15) is 57.6 Å². The fourth-order valence-electron chi connectivity index (χ4n) is 5.10. The lowest BCUT2D eigenvalue weighted by molar-refractivity contribution is -0.0372. The Morgan fingerprint density at radius 2 is 2.00 bits per heavy atom. The van der Waals surface area contributed by atoms with Crippen LogP contribution >= 0.6 is 22.6 Å². The Balaban J connectivity index is 1.41. The summed E-state index contributed by atoms with van der Waals surface area (Å²) in [5.41, 5.74) is 8.52. The van der Waals surface area contributed by atoms with E-state index in [2.05, 4.69) is 32.6 Å². The second-order valence-electron chi connectivity index (χ2n) is 8.31. The summed E-state index contributed by atoms with van der Waals surface area (Å²) in [5, 5.41) is 4.69. The van der Waals surface area contributed by atoms with E-state index in [9.17, 15) is 0 Å². The second-order valence-corrected chi connectivity index (χ2v) is 9.33. The minimum Gasteiger partial charge on any atom is -0.356 e. The lowest BCUT2D eigenvalue weighted by Crippen LogP contribution is -2.47. The van der Waals surface area contributed by atoms with Crippen molar-refractivity contribution in [3.63, 3.8) is 0 Å². The number of halogens is 1. The smallest absolute Gasteiger partial charge is 0.182 e. The molecule has 8 heteroatoms. The van der Waals surface area contributed by atoms with Gasteiger partial charge in [0, 0.05) is 25.7 Å². The van der Waals surface area contributed by atoms with E-state index in [1.54, 1.807) is 0 Å². The van der Waals surface area contributed by atoms with Gasteiger partial charge in [-0.05, 0) is 73.0 Å². The van der Waals surface area contributed by atoms with Gasteiger partial charge < -0.3 is 15.4 Å². The van der Waals surface area contributed by atoms with Gasteiger partial charge in [-0.2, -0.15) is 5.10 Å². The first-order chi connectivity index (χ1) is 13.2. The average Bonchev–Trinajstić information content (AvgIpc) is 3.23. The molecule has 4 heterocycles. The zero-order chi connectivity index (χ0) is 18.4. The molecule has 2 aromatic rings. The molecule has 2 N–H and O–H groups in total. The Morgan fingerprint density at radius 1 is 1.15 bits per heavy atom. The fraction of sp³-hybridized carbons (Fsp3) is 0.737. The molecule has 27 heavy (non-hydrogen) atoms. The monoisotopic (exact) mass is 482 g/mol. The van der Waals surface area contributed by atoms with Crippen molar-refractivity contribution in [2.24, 2.45) is 11.1 Å². The molecular weight excluding hydrogens is 455 g/mol. The summed E-state index contributed by atoms with van der Waals surface area (Å²) in [4.78, 5) is 12.0. The standard InChI is InChI=1S/C19H27IN6O/c20-17-16-18(26(24-17)15-5-1-2-11-27-15)23-14(12-22-16)25-9-7-19(8-10-25)6-3-4-13(19)21/h12-13,15H,1-11,21H2. The number of fused-ring (bicyclic) bond motifs is 1. The van der Waals surface area contributed by atoms with Gasteiger partial charge in [-0.25, -0.2) is 14.6 Å². The lowest BCUT2D eigenvalue weighted by Gasteiger charge is -2.42. The highest BCUT2D eigenvalue weighted by molar-refractivity contribution is 14.1. The molecule has 2 saturated heterocycles. The molecule has 0 aromatic carbocycles. The zero-order valence-corrected chi connectivity index (χ0v) is 17.8. The van der Waals surface area contributed by atoms with Crippen LogP contribution in [-0.4, -0.2) is 45.5 Å². The summed E-state index contributed by atoms with van der Waals surface area (Å²) in [6, 6.07) is 0.375. The summed E-state index contributed by atoms with van der Waals surface area (Å²) in [7, 11) is 0. The van der Waals surface area contributed by atoms with E-state index in [1.165, 1.54) is 25.7 Å². The molecule has 2 aliphatic heterocycles. The maximum Gasteiger partial charge on any atom is 0.182 e. The van der Waals surface area contributed by atoms with E-state index < -0.39 is 0 Å². The number of hydrogen-bond donors (Lipinski definition) is 1. The average molecular weight is 482 g/mol. The first-order valence-electron chi connectivity index (χ1n) is 10.2. The normalized spacial score (nSPS) is 28.3. The van der Waals surface area contributed by atoms with E-state index in [0.29, 0.717) is 11.5 Å². The number of anilines is 1. The topological polar surface area (TPSA) is 82.1 Å². The highest BCUT2D eigenvalue weighted by Gasteiger charge is 2.43. The lowest BCUT2D eigenvalue weighted by atomic mass is 9.74. The van der Waals surface area contributed by atoms with Crippen molar-refractivity contribution in [1.29, 1.82) is 0 Å². The maximum atomic E-state index is 6.44. The Kier molecular flexibility index (Phi) is 4.76. The molecular formula is C19H27IN6O. The van der Waals surface area contributed by atoms with Gasteiger partial charge in [-0.15, -0.1) is 0 Å². The van der Waals surface area contributed by atoms with Crippen LogP contribution in [0.5, 0.6) is 0 Å². The SMILES string of the molecule is NC1CCCC12CCN(c1cnc3c(I)nn(C4CCCCO4)c3n1)CC2. The summed E-state index contributed by atoms with van der Waals surface area (Å²) in [5.74, 6) is 0.956. The van der Waals surface area contributed by atoms with Crippen molar-refractivity contribution in [3.8, 4) is 0 Å². The third-order valence-corrected chi connectivity index (χ3v) is 7.56. The predicted octanol–water partition coefficient (Wildman–Crippen LogP) is 3.23. The quantitative estimate of drug-likeness (QED) is 0.663. The van der Waals surface area contributed by atoms with E-state index in [4.69, 9.17) is 20.4 Å². The maximum absolute atomic E-state index is 6.44. The summed E-state index contributed by atoms with van der Waals surface area (Å²) in [6.07, 6.45) is 11.3. The third-order valence-electron chi connectivity index (χ3n) is 6.84. The van der Waals surface area contributed by atoms with Gasteiger partial charge in [0.25, 0.3) is 0 Å². The second kappa shape index (κ2) is 7.11. The first kappa shape index (κ1) is 18.1. The van der Waals surface area contributed by atoms with Crippen molar-refractivity contribution in [2.45, 2.75) is 63.6 Å². The molecule has 1 saturated carbocycles. The minimum atomic E-state index is -0.0181. The Hall–Kier alpha value is -1.00. The van der Waals surface area contributed by atoms with Gasteiger partial charge in [0.2, 0.25) is 0 Å². The molecule has 0 bridgehead atoms. The number of ether oxygens (including phenoxy) is 1. The molecule has 2 unspecified atom stereocenters. The summed E-state index contributed by atoms with van der Waals surface area (Å²) >= 11 is 2.25. The number of rotatable bonds is 2. The van der Waals surface area contributed by atoms with E-state index in [0.717, 1.165) is 66.1 Å². The van der Waals surface area contributed by atoms with Crippen molar-refractivity contribution in [1.82, 2.24) is 19.7 Å². The van der Waals surface area contributed by atoms with Crippen LogP contribution in [0.3, 0.4) is 0 Å². The van der Waals surface area contributed by atoms with Crippen LogP contribution in [-0.2, 0) is 4.74 Å². The number of hydrogen-bond acceptors (Lipinski definition) is 6. The van der Waals surface area contributed by atoms with Gasteiger partial charge in [-0.1, -0.05) is 6.42 Å². The van der Waals surface area contributed by atoms with Crippen LogP contribution in [0.25, 0.3) is 11.2 Å². The van der Waals surface area contributed by atoms with Gasteiger partial charge in [-0.3, -0.25) is 0 Å². The van der Waals surface area contributed by atoms with Crippen LogP contribution in [0.15, 0.2) is 6.20 Å². The molecule has 3 aliphatic rings. The van der Waals surface area contributed by atoms with E-state index in [-0.39, 0.29) is 6.23 Å². The first-order valence-corrected chi connectivity index (χ1v) is 11.3. The fourth-order valence-corrected chi connectivity index (χ4v) is 5.72. The minimum absolute atomic E-state index is 0.0181. The van der Waals surface area contributed by atoms with Gasteiger partial charge >= 0.3 is 0 Å². The molecule has 5 rings (SSSR count). The Labute approximate surface area is 173 Å². The van der Waals surface area contributed by atoms with Gasteiger partial charge in [0.05, 0.1) is 6.20 Å². The van der Waals surface area contributed by atoms with Crippen molar-refractivity contribution >= 4 is 39.6 Å². The van der Waals surface area contributed by atoms with E-state index >= 15 is 0 Å². The van der Waals surface area contributed by atoms with Crippen LogP contribution in [0, 0.1) is 9.12 Å². The molecule has 1 spiro atoms. The molecule has 2 aromatic heterocycles. The van der Waals surface area contributed by atoms with Crippen LogP contribution in [0.2, 0.25) is 0 Å². The molecule has 146 valence electrons. The summed E-state index contributed by atoms with van der Waals surface area (Å²) < 4.78 is 8.79. The number of aromatic nitrogens is 4. The van der Waals surface area contributed by atoms with Crippen molar-refractivity contribution < 1.29 is 4.74 Å². The highest BCUT2D eigenvalue weighted by Crippen LogP contribution is 2.45. The zero-order valence-electron chi connectivity index (χ0n) is 15.6. The largest absolute Gasteiger partial charge is 0.356 e. The van der Waals surface area contributed by atoms with Crippen molar-refractivity contribution in [3.05, 3.63) is 9.90 Å². The van der Waals surface area contributed by atoms with E-state index in [1.807, 2.05) is 10.9 Å². The Morgan fingerprint density at radius 3 is 2.70 bits per heavy atom. The summed E-state index contributed by atoms with van der Waals surface area (Å²) in [6.45, 7) is 2.82.